The average molecular weight is 420 g/mol. The summed E-state index contributed by atoms with van der Waals surface area (Å²) in [6.45, 7) is 2.37. The molecule has 2 N–H and O–H groups in total. The lowest BCUT2D eigenvalue weighted by atomic mass is 10.1. The first-order valence-corrected chi connectivity index (χ1v) is 9.85. The van der Waals surface area contributed by atoms with E-state index < -0.39 is 11.7 Å². The van der Waals surface area contributed by atoms with Gasteiger partial charge >= 0.3 is 0 Å². The van der Waals surface area contributed by atoms with Gasteiger partial charge in [-0.3, -0.25) is 14.6 Å². The summed E-state index contributed by atoms with van der Waals surface area (Å²) in [4.78, 5) is 30.8. The molecule has 2 aromatic carbocycles. The van der Waals surface area contributed by atoms with Gasteiger partial charge in [-0.1, -0.05) is 6.07 Å². The van der Waals surface area contributed by atoms with Gasteiger partial charge in [0.2, 0.25) is 0 Å². The molecule has 31 heavy (non-hydrogen) atoms. The van der Waals surface area contributed by atoms with Crippen LogP contribution in [0.3, 0.4) is 0 Å². The number of aromatic nitrogens is 1. The summed E-state index contributed by atoms with van der Waals surface area (Å²) in [6.07, 6.45) is 3.04. The number of hydrogen-bond donors (Lipinski definition) is 2. The highest BCUT2D eigenvalue weighted by Gasteiger charge is 2.16. The number of rotatable bonds is 5. The number of pyridine rings is 1. The lowest BCUT2D eigenvalue weighted by Gasteiger charge is -2.29. The molecule has 7 nitrogen and oxygen atoms in total. The summed E-state index contributed by atoms with van der Waals surface area (Å²) in [7, 11) is 0. The molecule has 1 aliphatic rings. The number of carbonyl (C=O) groups is 2. The summed E-state index contributed by atoms with van der Waals surface area (Å²) in [5.41, 5.74) is 2.05. The monoisotopic (exact) mass is 420 g/mol. The van der Waals surface area contributed by atoms with Crippen molar-refractivity contribution in [3.63, 3.8) is 0 Å². The summed E-state index contributed by atoms with van der Waals surface area (Å²) in [6, 6.07) is 14.5. The first-order valence-electron chi connectivity index (χ1n) is 9.85. The zero-order valence-corrected chi connectivity index (χ0v) is 16.7. The molecule has 8 heteroatoms. The highest BCUT2D eigenvalue weighted by Crippen LogP contribution is 2.24. The van der Waals surface area contributed by atoms with Crippen LogP contribution in [0.2, 0.25) is 0 Å². The fourth-order valence-corrected chi connectivity index (χ4v) is 3.29. The zero-order valence-electron chi connectivity index (χ0n) is 16.7. The first kappa shape index (κ1) is 20.5. The van der Waals surface area contributed by atoms with Gasteiger partial charge in [-0.15, -0.1) is 0 Å². The highest BCUT2D eigenvalue weighted by molar-refractivity contribution is 6.07. The normalized spacial score (nSPS) is 13.5. The maximum Gasteiger partial charge on any atom is 0.257 e. The van der Waals surface area contributed by atoms with Crippen molar-refractivity contribution in [3.05, 3.63) is 83.9 Å². The molecular weight excluding hydrogens is 399 g/mol. The third-order valence-electron chi connectivity index (χ3n) is 4.86. The number of carbonyl (C=O) groups excluding carboxylic acids is 2. The number of morpholine rings is 1. The van der Waals surface area contributed by atoms with Crippen LogP contribution in [0.1, 0.15) is 20.7 Å². The van der Waals surface area contributed by atoms with E-state index >= 15 is 0 Å². The number of anilines is 3. The molecule has 0 unspecified atom stereocenters. The Balaban J connectivity index is 1.43. The molecule has 2 amide bonds. The fourth-order valence-electron chi connectivity index (χ4n) is 3.29. The molecule has 158 valence electrons. The molecular formula is C23H21FN4O3. The van der Waals surface area contributed by atoms with Crippen molar-refractivity contribution in [2.45, 2.75) is 0 Å². The predicted octanol–water partition coefficient (Wildman–Crippen LogP) is 3.56. The molecule has 1 saturated heterocycles. The molecule has 0 saturated carbocycles. The second-order valence-electron chi connectivity index (χ2n) is 7.00. The van der Waals surface area contributed by atoms with Gasteiger partial charge in [-0.05, 0) is 48.5 Å². The van der Waals surface area contributed by atoms with E-state index in [-0.39, 0.29) is 5.91 Å². The van der Waals surface area contributed by atoms with E-state index in [1.807, 2.05) is 4.90 Å². The maximum atomic E-state index is 14.6. The van der Waals surface area contributed by atoms with Crippen molar-refractivity contribution in [1.82, 2.24) is 4.98 Å². The van der Waals surface area contributed by atoms with Gasteiger partial charge < -0.3 is 20.3 Å². The maximum absolute atomic E-state index is 14.6. The SMILES string of the molecule is O=C(Nc1cccc(C(=O)Nc2ccc(N3CCOCC3)c(F)c2)c1)c1cccnc1. The Morgan fingerprint density at radius 1 is 0.903 bits per heavy atom. The third-order valence-corrected chi connectivity index (χ3v) is 4.86. The summed E-state index contributed by atoms with van der Waals surface area (Å²) in [5.74, 6) is -1.14. The van der Waals surface area contributed by atoms with Crippen LogP contribution in [0, 0.1) is 5.82 Å². The quantitative estimate of drug-likeness (QED) is 0.660. The second kappa shape index (κ2) is 9.36. The summed E-state index contributed by atoms with van der Waals surface area (Å²) in [5, 5.41) is 5.43. The topological polar surface area (TPSA) is 83.6 Å². The van der Waals surface area contributed by atoms with Gasteiger partial charge in [-0.2, -0.15) is 0 Å². The number of nitrogens with zero attached hydrogens (tertiary/aromatic N) is 2. The smallest absolute Gasteiger partial charge is 0.257 e. The second-order valence-corrected chi connectivity index (χ2v) is 7.00. The van der Waals surface area contributed by atoms with E-state index in [0.29, 0.717) is 54.5 Å². The Morgan fingerprint density at radius 3 is 2.32 bits per heavy atom. The largest absolute Gasteiger partial charge is 0.378 e. The number of amides is 2. The molecule has 2 heterocycles. The minimum atomic E-state index is -0.406. The van der Waals surface area contributed by atoms with E-state index in [4.69, 9.17) is 4.74 Å². The molecule has 1 aliphatic heterocycles. The van der Waals surface area contributed by atoms with E-state index in [1.54, 1.807) is 54.7 Å². The summed E-state index contributed by atoms with van der Waals surface area (Å²) < 4.78 is 19.9. The van der Waals surface area contributed by atoms with Crippen LogP contribution in [0.25, 0.3) is 0 Å². The highest BCUT2D eigenvalue weighted by atomic mass is 19.1. The van der Waals surface area contributed by atoms with Crippen LogP contribution in [-0.2, 0) is 4.74 Å². The van der Waals surface area contributed by atoms with E-state index in [9.17, 15) is 14.0 Å². The van der Waals surface area contributed by atoms with Gasteiger partial charge in [0.1, 0.15) is 5.82 Å². The van der Waals surface area contributed by atoms with Crippen LogP contribution in [-0.4, -0.2) is 43.1 Å². The standard InChI is InChI=1S/C23H21FN4O3/c24-20-14-19(6-7-21(20)28-9-11-31-12-10-28)27-22(29)16-3-1-5-18(13-16)26-23(30)17-4-2-8-25-15-17/h1-8,13-15H,9-12H2,(H,26,30)(H,27,29). The number of halogens is 1. The number of ether oxygens (including phenoxy) is 1. The molecule has 0 atom stereocenters. The number of hydrogen-bond acceptors (Lipinski definition) is 5. The fraction of sp³-hybridized carbons (Fsp3) is 0.174. The van der Waals surface area contributed by atoms with Crippen molar-refractivity contribution < 1.29 is 18.7 Å². The molecule has 0 spiro atoms. The number of nitrogens with one attached hydrogen (secondary N) is 2. The third kappa shape index (κ3) is 5.04. The van der Waals surface area contributed by atoms with Gasteiger partial charge in [0.05, 0.1) is 24.5 Å². The van der Waals surface area contributed by atoms with Crippen molar-refractivity contribution >= 4 is 28.9 Å². The predicted molar refractivity (Wildman–Crippen MR) is 116 cm³/mol. The van der Waals surface area contributed by atoms with Crippen LogP contribution in [0.4, 0.5) is 21.5 Å². The van der Waals surface area contributed by atoms with Crippen molar-refractivity contribution in [2.75, 3.05) is 41.8 Å². The van der Waals surface area contributed by atoms with Crippen molar-refractivity contribution in [3.8, 4) is 0 Å². The Bertz CT molecular complexity index is 1090. The molecule has 1 fully saturated rings. The van der Waals surface area contributed by atoms with Crippen molar-refractivity contribution in [1.29, 1.82) is 0 Å². The van der Waals surface area contributed by atoms with E-state index in [2.05, 4.69) is 15.6 Å². The molecule has 0 aliphatic carbocycles. The lowest BCUT2D eigenvalue weighted by Crippen LogP contribution is -2.36. The Hall–Kier alpha value is -3.78. The number of benzene rings is 2. The van der Waals surface area contributed by atoms with Crippen LogP contribution in [0.5, 0.6) is 0 Å². The zero-order chi connectivity index (χ0) is 21.6. The first-order chi connectivity index (χ1) is 15.1. The molecule has 0 radical (unpaired) electrons. The van der Waals surface area contributed by atoms with Gasteiger partial charge in [0.25, 0.3) is 11.8 Å². The van der Waals surface area contributed by atoms with Gasteiger partial charge in [0.15, 0.2) is 0 Å². The minimum absolute atomic E-state index is 0.327. The molecule has 3 aromatic rings. The van der Waals surface area contributed by atoms with E-state index in [1.165, 1.54) is 12.3 Å². The molecule has 0 bridgehead atoms. The van der Waals surface area contributed by atoms with Crippen LogP contribution < -0.4 is 15.5 Å². The van der Waals surface area contributed by atoms with Gasteiger partial charge in [-0.25, -0.2) is 4.39 Å². The lowest BCUT2D eigenvalue weighted by molar-refractivity contribution is 0.101. The Morgan fingerprint density at radius 2 is 1.61 bits per heavy atom. The van der Waals surface area contributed by atoms with Crippen LogP contribution >= 0.6 is 0 Å². The molecule has 1 aromatic heterocycles. The van der Waals surface area contributed by atoms with Gasteiger partial charge in [0, 0.05) is 42.4 Å². The Kier molecular flexibility index (Phi) is 6.18. The average Bonchev–Trinajstić information content (AvgIpc) is 2.80. The van der Waals surface area contributed by atoms with Crippen LogP contribution in [0.15, 0.2) is 67.0 Å². The Labute approximate surface area is 178 Å². The van der Waals surface area contributed by atoms with Crippen molar-refractivity contribution in [2.24, 2.45) is 0 Å². The molecule has 4 rings (SSSR count). The van der Waals surface area contributed by atoms with E-state index in [0.717, 1.165) is 0 Å². The summed E-state index contributed by atoms with van der Waals surface area (Å²) >= 11 is 0. The minimum Gasteiger partial charge on any atom is -0.378 e.